The largest absolute Gasteiger partial charge is 0.481 e. The lowest BCUT2D eigenvalue weighted by Gasteiger charge is -2.09. The third kappa shape index (κ3) is 5.93. The first-order valence-electron chi connectivity index (χ1n) is 7.26. The van der Waals surface area contributed by atoms with Gasteiger partial charge in [0.1, 0.15) is 0 Å². The Labute approximate surface area is 124 Å². The highest BCUT2D eigenvalue weighted by molar-refractivity contribution is 5.76. The van der Waals surface area contributed by atoms with Crippen LogP contribution in [-0.2, 0) is 16.0 Å². The van der Waals surface area contributed by atoms with E-state index >= 15 is 0 Å². The molecule has 7 heteroatoms. The van der Waals surface area contributed by atoms with E-state index in [0.29, 0.717) is 37.5 Å². The van der Waals surface area contributed by atoms with Crippen molar-refractivity contribution in [1.29, 1.82) is 0 Å². The molecule has 0 aromatic carbocycles. The minimum atomic E-state index is -0.821. The number of nitrogens with one attached hydrogen (secondary N) is 1. The molecule has 1 amide bonds. The van der Waals surface area contributed by atoms with Crippen LogP contribution in [-0.4, -0.2) is 33.7 Å². The second kappa shape index (κ2) is 8.39. The molecule has 1 heterocycles. The second-order valence-electron chi connectivity index (χ2n) is 5.28. The monoisotopic (exact) mass is 297 g/mol. The number of aliphatic carboxylic acids is 1. The average Bonchev–Trinajstić information content (AvgIpc) is 2.90. The molecule has 0 aliphatic rings. The Bertz CT molecular complexity index is 471. The topological polar surface area (TPSA) is 105 Å². The Morgan fingerprint density at radius 3 is 2.62 bits per heavy atom. The summed E-state index contributed by atoms with van der Waals surface area (Å²) in [6.07, 6.45) is 1.64. The number of carboxylic acids is 1. The van der Waals surface area contributed by atoms with Gasteiger partial charge in [-0.3, -0.25) is 9.59 Å². The molecule has 1 atom stereocenters. The van der Waals surface area contributed by atoms with E-state index in [1.54, 1.807) is 0 Å². The first-order valence-corrected chi connectivity index (χ1v) is 7.26. The molecular formula is C14H23N3O4. The van der Waals surface area contributed by atoms with Crippen LogP contribution in [0, 0.1) is 5.92 Å². The molecule has 1 aromatic rings. The first-order chi connectivity index (χ1) is 9.93. The molecule has 2 N–H and O–H groups in total. The number of amides is 1. The Morgan fingerprint density at radius 2 is 2.10 bits per heavy atom. The Balaban J connectivity index is 2.26. The van der Waals surface area contributed by atoms with E-state index < -0.39 is 11.9 Å². The second-order valence-corrected chi connectivity index (χ2v) is 5.28. The smallest absolute Gasteiger partial charge is 0.306 e. The lowest BCUT2D eigenvalue weighted by Crippen LogP contribution is -2.27. The molecule has 0 bridgehead atoms. The normalized spacial score (nSPS) is 12.4. The zero-order chi connectivity index (χ0) is 15.8. The van der Waals surface area contributed by atoms with Gasteiger partial charge in [-0.25, -0.2) is 0 Å². The van der Waals surface area contributed by atoms with Gasteiger partial charge in [-0.1, -0.05) is 25.9 Å². The van der Waals surface area contributed by atoms with Gasteiger partial charge in [-0.2, -0.15) is 4.98 Å². The van der Waals surface area contributed by atoms with Crippen LogP contribution in [0.4, 0.5) is 0 Å². The maximum absolute atomic E-state index is 11.6. The molecule has 0 saturated carbocycles. The summed E-state index contributed by atoms with van der Waals surface area (Å²) in [5, 5.41) is 15.4. The van der Waals surface area contributed by atoms with E-state index in [2.05, 4.69) is 15.5 Å². The summed E-state index contributed by atoms with van der Waals surface area (Å²) in [4.78, 5) is 26.7. The third-order valence-electron chi connectivity index (χ3n) is 3.22. The van der Waals surface area contributed by atoms with Gasteiger partial charge in [0.15, 0.2) is 5.82 Å². The van der Waals surface area contributed by atoms with Gasteiger partial charge < -0.3 is 14.9 Å². The standard InChI is InChI=1S/C14H23N3O4/c1-4-10(14(19)20)7-8-15-11(18)5-6-12-16-13(9(2)3)17-21-12/h9-10H,4-8H2,1-3H3,(H,15,18)(H,19,20). The fourth-order valence-electron chi connectivity index (χ4n) is 1.80. The number of hydrogen-bond donors (Lipinski definition) is 2. The van der Waals surface area contributed by atoms with Crippen molar-refractivity contribution in [2.24, 2.45) is 5.92 Å². The zero-order valence-corrected chi connectivity index (χ0v) is 12.8. The molecule has 0 radical (unpaired) electrons. The summed E-state index contributed by atoms with van der Waals surface area (Å²) in [7, 11) is 0. The summed E-state index contributed by atoms with van der Waals surface area (Å²) >= 11 is 0. The number of carboxylic acid groups (broad SMARTS) is 1. The number of aromatic nitrogens is 2. The van der Waals surface area contributed by atoms with Gasteiger partial charge in [0.2, 0.25) is 11.8 Å². The lowest BCUT2D eigenvalue weighted by atomic mass is 10.0. The Hall–Kier alpha value is -1.92. The molecule has 0 aliphatic carbocycles. The van der Waals surface area contributed by atoms with E-state index in [1.165, 1.54) is 0 Å². The predicted molar refractivity (Wildman–Crippen MR) is 75.8 cm³/mol. The average molecular weight is 297 g/mol. The van der Waals surface area contributed by atoms with Crippen molar-refractivity contribution < 1.29 is 19.2 Å². The van der Waals surface area contributed by atoms with Crippen LogP contribution in [0.15, 0.2) is 4.52 Å². The van der Waals surface area contributed by atoms with E-state index in [4.69, 9.17) is 9.63 Å². The van der Waals surface area contributed by atoms with Crippen LogP contribution in [0.25, 0.3) is 0 Å². The van der Waals surface area contributed by atoms with Crippen molar-refractivity contribution in [3.63, 3.8) is 0 Å². The SMILES string of the molecule is CCC(CCNC(=O)CCc1nc(C(C)C)no1)C(=O)O. The highest BCUT2D eigenvalue weighted by Crippen LogP contribution is 2.10. The number of nitrogens with zero attached hydrogens (tertiary/aromatic N) is 2. The van der Waals surface area contributed by atoms with Crippen LogP contribution >= 0.6 is 0 Å². The highest BCUT2D eigenvalue weighted by Gasteiger charge is 2.15. The van der Waals surface area contributed by atoms with Crippen molar-refractivity contribution in [3.05, 3.63) is 11.7 Å². The first kappa shape index (κ1) is 17.1. The number of carbonyl (C=O) groups excluding carboxylic acids is 1. The van der Waals surface area contributed by atoms with Crippen LogP contribution in [0.3, 0.4) is 0 Å². The predicted octanol–water partition coefficient (Wildman–Crippen LogP) is 1.74. The molecule has 21 heavy (non-hydrogen) atoms. The van der Waals surface area contributed by atoms with Gasteiger partial charge in [0.05, 0.1) is 5.92 Å². The fourth-order valence-corrected chi connectivity index (χ4v) is 1.80. The van der Waals surface area contributed by atoms with Gasteiger partial charge in [-0.05, 0) is 12.8 Å². The van der Waals surface area contributed by atoms with Crippen molar-refractivity contribution in [3.8, 4) is 0 Å². The van der Waals surface area contributed by atoms with Gasteiger partial charge >= 0.3 is 5.97 Å². The molecule has 0 saturated heterocycles. The van der Waals surface area contributed by atoms with Crippen LogP contribution in [0.5, 0.6) is 0 Å². The molecule has 0 spiro atoms. The molecule has 118 valence electrons. The maximum atomic E-state index is 11.6. The fraction of sp³-hybridized carbons (Fsp3) is 0.714. The van der Waals surface area contributed by atoms with E-state index in [1.807, 2.05) is 20.8 Å². The lowest BCUT2D eigenvalue weighted by molar-refractivity contribution is -0.142. The maximum Gasteiger partial charge on any atom is 0.306 e. The van der Waals surface area contributed by atoms with E-state index in [0.717, 1.165) is 0 Å². The van der Waals surface area contributed by atoms with Crippen molar-refractivity contribution >= 4 is 11.9 Å². The Kier molecular flexibility index (Phi) is 6.84. The molecule has 1 rings (SSSR count). The van der Waals surface area contributed by atoms with Gasteiger partial charge in [0, 0.05) is 25.3 Å². The molecular weight excluding hydrogens is 274 g/mol. The number of rotatable bonds is 9. The molecule has 0 aliphatic heterocycles. The summed E-state index contributed by atoms with van der Waals surface area (Å²) in [5.41, 5.74) is 0. The minimum Gasteiger partial charge on any atom is -0.481 e. The van der Waals surface area contributed by atoms with Crippen LogP contribution in [0.2, 0.25) is 0 Å². The zero-order valence-electron chi connectivity index (χ0n) is 12.8. The highest BCUT2D eigenvalue weighted by atomic mass is 16.5. The molecule has 1 unspecified atom stereocenters. The summed E-state index contributed by atoms with van der Waals surface area (Å²) in [6, 6.07) is 0. The van der Waals surface area contributed by atoms with Crippen LogP contribution < -0.4 is 5.32 Å². The minimum absolute atomic E-state index is 0.139. The summed E-state index contributed by atoms with van der Waals surface area (Å²) < 4.78 is 5.05. The van der Waals surface area contributed by atoms with Crippen molar-refractivity contribution in [2.75, 3.05) is 6.54 Å². The van der Waals surface area contributed by atoms with Crippen molar-refractivity contribution in [1.82, 2.24) is 15.5 Å². The van der Waals surface area contributed by atoms with E-state index in [9.17, 15) is 9.59 Å². The molecule has 0 fully saturated rings. The molecule has 1 aromatic heterocycles. The molecule has 7 nitrogen and oxygen atoms in total. The van der Waals surface area contributed by atoms with Crippen LogP contribution in [0.1, 0.15) is 57.7 Å². The summed E-state index contributed by atoms with van der Waals surface area (Å²) in [6.45, 7) is 6.12. The quantitative estimate of drug-likeness (QED) is 0.719. The number of aryl methyl sites for hydroxylation is 1. The van der Waals surface area contributed by atoms with Crippen molar-refractivity contribution in [2.45, 2.75) is 52.4 Å². The summed E-state index contributed by atoms with van der Waals surface area (Å²) in [5.74, 6) is -0.0880. The Morgan fingerprint density at radius 1 is 1.38 bits per heavy atom. The van der Waals surface area contributed by atoms with Gasteiger partial charge in [0.25, 0.3) is 0 Å². The van der Waals surface area contributed by atoms with Gasteiger partial charge in [-0.15, -0.1) is 0 Å². The number of carbonyl (C=O) groups is 2. The van der Waals surface area contributed by atoms with E-state index in [-0.39, 0.29) is 18.2 Å². The number of hydrogen-bond acceptors (Lipinski definition) is 5. The third-order valence-corrected chi connectivity index (χ3v) is 3.22.